The molecule has 0 saturated heterocycles. The molecule has 0 aliphatic carbocycles. The van der Waals surface area contributed by atoms with Gasteiger partial charge in [0.15, 0.2) is 0 Å². The molecule has 0 heterocycles. The van der Waals surface area contributed by atoms with Crippen LogP contribution in [0.1, 0.15) is 53.4 Å². The first-order valence-corrected chi connectivity index (χ1v) is 10.2. The van der Waals surface area contributed by atoms with E-state index in [0.29, 0.717) is 0 Å². The molecule has 0 saturated carbocycles. The fourth-order valence-corrected chi connectivity index (χ4v) is 4.89. The van der Waals surface area contributed by atoms with Gasteiger partial charge in [0.25, 0.3) is 0 Å². The Hall–Kier alpha value is 0.719. The molecule has 0 bridgehead atoms. The first-order chi connectivity index (χ1) is 7.06. The van der Waals surface area contributed by atoms with Gasteiger partial charge in [-0.25, -0.2) is 0 Å². The Bertz CT molecular complexity index is 93.8. The molecule has 2 radical (unpaired) electrons. The van der Waals surface area contributed by atoms with Crippen LogP contribution < -0.4 is 0 Å². The summed E-state index contributed by atoms with van der Waals surface area (Å²) in [7, 11) is 0. The maximum absolute atomic E-state index is 8.38. The normalized spacial score (nSPS) is 14.0. The average Bonchev–Trinajstić information content (AvgIpc) is 2.18. The average molecular weight is 323 g/mol. The third-order valence-electron chi connectivity index (χ3n) is 2.11. The van der Waals surface area contributed by atoms with Crippen molar-refractivity contribution in [1.29, 1.82) is 0 Å². The molecule has 0 fully saturated rings. The molecule has 0 rings (SSSR count). The molecule has 0 aromatic heterocycles. The Morgan fingerprint density at radius 1 is 0.867 bits per heavy atom. The zero-order valence-electron chi connectivity index (χ0n) is 10.8. The van der Waals surface area contributed by atoms with Crippen LogP contribution in [0.5, 0.6) is 0 Å². The minimum atomic E-state index is -0.593. The van der Waals surface area contributed by atoms with Crippen LogP contribution >= 0.6 is 0 Å². The van der Waals surface area contributed by atoms with E-state index in [1.54, 1.807) is 22.7 Å². The number of rotatable bonds is 7. The fourth-order valence-electron chi connectivity index (χ4n) is 0.729. The van der Waals surface area contributed by atoms with Crippen LogP contribution in [0.2, 0.25) is 8.87 Å². The number of hydrogen-bond donors (Lipinski definition) is 2. The molecule has 92 valence electrons. The maximum Gasteiger partial charge on any atom is 0.0768 e. The van der Waals surface area contributed by atoms with E-state index in [0.717, 1.165) is 0 Å². The summed E-state index contributed by atoms with van der Waals surface area (Å²) in [5.41, 5.74) is 0. The van der Waals surface area contributed by atoms with E-state index in [2.05, 4.69) is 13.8 Å². The van der Waals surface area contributed by atoms with Crippen molar-refractivity contribution in [3.63, 3.8) is 0 Å². The maximum atomic E-state index is 8.38. The Morgan fingerprint density at radius 3 is 1.40 bits per heavy atom. The number of unbranched alkanes of at least 4 members (excludes halogenated alkanes) is 2. The zero-order chi connectivity index (χ0) is 12.1. The van der Waals surface area contributed by atoms with E-state index in [1.807, 2.05) is 0 Å². The van der Waals surface area contributed by atoms with Gasteiger partial charge in [-0.1, -0.05) is 0 Å². The van der Waals surface area contributed by atoms with Crippen molar-refractivity contribution in [2.24, 2.45) is 0 Å². The van der Waals surface area contributed by atoms with E-state index in [9.17, 15) is 0 Å². The van der Waals surface area contributed by atoms with Gasteiger partial charge in [-0.15, -0.1) is 0 Å². The van der Waals surface area contributed by atoms with Crippen LogP contribution in [0, 0.1) is 0 Å². The molecule has 0 amide bonds. The van der Waals surface area contributed by atoms with Gasteiger partial charge in [0.05, 0.1) is 12.2 Å². The summed E-state index contributed by atoms with van der Waals surface area (Å²) in [5, 5.41) is 16.8. The van der Waals surface area contributed by atoms with Crippen molar-refractivity contribution in [2.75, 3.05) is 0 Å². The van der Waals surface area contributed by atoms with E-state index in [4.69, 9.17) is 10.2 Å². The summed E-state index contributed by atoms with van der Waals surface area (Å²) in [6, 6.07) is 0. The van der Waals surface area contributed by atoms with Crippen LogP contribution in [0.25, 0.3) is 0 Å². The number of hydrogen-bond acceptors (Lipinski definition) is 2. The quantitative estimate of drug-likeness (QED) is 0.559. The molecule has 3 heteroatoms. The molecule has 2 nitrogen and oxygen atoms in total. The molecule has 0 unspecified atom stereocenters. The monoisotopic (exact) mass is 324 g/mol. The smallest absolute Gasteiger partial charge is 0.0768 e. The predicted octanol–water partition coefficient (Wildman–Crippen LogP) is 2.88. The van der Waals surface area contributed by atoms with E-state index in [1.165, 1.54) is 25.7 Å². The Kier molecular flexibility index (Phi) is 17.8. The van der Waals surface area contributed by atoms with Gasteiger partial charge in [0.1, 0.15) is 0 Å². The minimum absolute atomic E-state index is 0.149. The van der Waals surface area contributed by atoms with Crippen molar-refractivity contribution in [3.8, 4) is 0 Å². The van der Waals surface area contributed by atoms with E-state index >= 15 is 0 Å². The predicted molar refractivity (Wildman–Crippen MR) is 68.5 cm³/mol. The van der Waals surface area contributed by atoms with Gasteiger partial charge in [-0.2, -0.15) is 0 Å². The SMILES string of the molecule is CCC[CH2][Sn][CH2]CCC.C[C@H](O)[C@H](C)O. The summed E-state index contributed by atoms with van der Waals surface area (Å²) >= 11 is 0.149. The summed E-state index contributed by atoms with van der Waals surface area (Å²) < 4.78 is 3.25. The van der Waals surface area contributed by atoms with Gasteiger partial charge in [0, 0.05) is 0 Å². The van der Waals surface area contributed by atoms with Crippen LogP contribution in [0.15, 0.2) is 0 Å². The van der Waals surface area contributed by atoms with Gasteiger partial charge in [-0.05, 0) is 13.8 Å². The van der Waals surface area contributed by atoms with Crippen LogP contribution in [0.3, 0.4) is 0 Å². The molecule has 0 aromatic rings. The fraction of sp³-hybridized carbons (Fsp3) is 1.00. The largest absolute Gasteiger partial charge is 0.391 e. The zero-order valence-corrected chi connectivity index (χ0v) is 13.6. The Balaban J connectivity index is 0. The van der Waals surface area contributed by atoms with E-state index < -0.39 is 12.2 Å². The van der Waals surface area contributed by atoms with Crippen molar-refractivity contribution < 1.29 is 10.2 Å². The van der Waals surface area contributed by atoms with Crippen molar-refractivity contribution in [2.45, 2.75) is 74.5 Å². The Labute approximate surface area is 106 Å². The number of aliphatic hydroxyl groups excluding tert-OH is 2. The molecule has 2 atom stereocenters. The standard InChI is InChI=1S/C4H10O2.2C4H9.Sn/c1-3(5)4(2)6;2*1-3-4-2;/h3-6H,1-2H3;2*1,3-4H2,2H3;/t3-,4-;;;/m0.../s1. The molecule has 0 aromatic carbocycles. The summed E-state index contributed by atoms with van der Waals surface area (Å²) in [4.78, 5) is 0. The second kappa shape index (κ2) is 14.7. The second-order valence-electron chi connectivity index (χ2n) is 3.94. The van der Waals surface area contributed by atoms with Gasteiger partial charge in [-0.3, -0.25) is 0 Å². The van der Waals surface area contributed by atoms with Crippen LogP contribution in [0.4, 0.5) is 0 Å². The van der Waals surface area contributed by atoms with Gasteiger partial charge < -0.3 is 10.2 Å². The van der Waals surface area contributed by atoms with Crippen LogP contribution in [-0.4, -0.2) is 43.6 Å². The first kappa shape index (κ1) is 18.1. The van der Waals surface area contributed by atoms with Gasteiger partial charge in [0.2, 0.25) is 0 Å². The number of aliphatic hydroxyl groups is 2. The molecular weight excluding hydrogens is 295 g/mol. The molecule has 15 heavy (non-hydrogen) atoms. The minimum Gasteiger partial charge on any atom is -0.391 e. The summed E-state index contributed by atoms with van der Waals surface area (Å²) in [6.07, 6.45) is 4.65. The second-order valence-corrected chi connectivity index (χ2v) is 8.22. The molecule has 0 aliphatic heterocycles. The Morgan fingerprint density at radius 2 is 1.20 bits per heavy atom. The first-order valence-electron chi connectivity index (χ1n) is 6.13. The third-order valence-corrected chi connectivity index (χ3v) is 6.15. The van der Waals surface area contributed by atoms with Crippen molar-refractivity contribution in [1.82, 2.24) is 0 Å². The summed E-state index contributed by atoms with van der Waals surface area (Å²) in [5.74, 6) is 0. The third kappa shape index (κ3) is 20.7. The van der Waals surface area contributed by atoms with Crippen molar-refractivity contribution >= 4 is 21.1 Å². The van der Waals surface area contributed by atoms with E-state index in [-0.39, 0.29) is 21.1 Å². The molecule has 2 N–H and O–H groups in total. The van der Waals surface area contributed by atoms with Crippen LogP contribution in [-0.2, 0) is 0 Å². The molecule has 0 spiro atoms. The summed E-state index contributed by atoms with van der Waals surface area (Å²) in [6.45, 7) is 7.67. The van der Waals surface area contributed by atoms with Crippen molar-refractivity contribution in [3.05, 3.63) is 0 Å². The molecular formula is C12H28O2Sn. The topological polar surface area (TPSA) is 40.5 Å². The van der Waals surface area contributed by atoms with Gasteiger partial charge >= 0.3 is 69.5 Å². The molecule has 0 aliphatic rings.